The fraction of sp³-hybridized carbons (Fsp3) is 0.526. The van der Waals surface area contributed by atoms with Gasteiger partial charge in [0, 0.05) is 6.61 Å². The topological polar surface area (TPSA) is 87.7 Å². The summed E-state index contributed by atoms with van der Waals surface area (Å²) in [5.74, 6) is -0.492. The van der Waals surface area contributed by atoms with Crippen molar-refractivity contribution in [1.29, 1.82) is 0 Å². The van der Waals surface area contributed by atoms with Crippen molar-refractivity contribution in [2.45, 2.75) is 45.6 Å². The smallest absolute Gasteiger partial charge is 0.344 e. The van der Waals surface area contributed by atoms with Crippen LogP contribution < -0.4 is 10.7 Å². The standard InChI is InChI=1S/C19H27N3O4/c1-14(2)13-26-12-10-16(23)21-22-17(24)19(3,20-18(22)25)11-9-15-7-5-4-6-8-15/h4-8,14H,9-13H2,1-3H3,(H,20,25)(H,21,23). The van der Waals surface area contributed by atoms with Crippen LogP contribution in [0.5, 0.6) is 0 Å². The summed E-state index contributed by atoms with van der Waals surface area (Å²) in [6.07, 6.45) is 1.18. The molecule has 1 aromatic rings. The number of nitrogens with one attached hydrogen (secondary N) is 2. The molecule has 0 radical (unpaired) electrons. The van der Waals surface area contributed by atoms with E-state index in [2.05, 4.69) is 10.7 Å². The van der Waals surface area contributed by atoms with Gasteiger partial charge in [-0.25, -0.2) is 4.79 Å². The number of hydrogen-bond acceptors (Lipinski definition) is 4. The highest BCUT2D eigenvalue weighted by Crippen LogP contribution is 2.22. The first-order valence-corrected chi connectivity index (χ1v) is 8.89. The van der Waals surface area contributed by atoms with Crippen LogP contribution in [0.25, 0.3) is 0 Å². The molecule has 142 valence electrons. The fourth-order valence-corrected chi connectivity index (χ4v) is 2.66. The van der Waals surface area contributed by atoms with Gasteiger partial charge in [-0.05, 0) is 31.2 Å². The van der Waals surface area contributed by atoms with E-state index >= 15 is 0 Å². The predicted molar refractivity (Wildman–Crippen MR) is 97.0 cm³/mol. The molecule has 1 saturated heterocycles. The van der Waals surface area contributed by atoms with Crippen molar-refractivity contribution in [3.05, 3.63) is 35.9 Å². The first-order valence-electron chi connectivity index (χ1n) is 8.89. The zero-order valence-electron chi connectivity index (χ0n) is 15.6. The van der Waals surface area contributed by atoms with Crippen LogP contribution in [0.1, 0.15) is 39.2 Å². The molecule has 7 heteroatoms. The Morgan fingerprint density at radius 3 is 2.62 bits per heavy atom. The number of nitrogens with zero attached hydrogens (tertiary/aromatic N) is 1. The van der Waals surface area contributed by atoms with Crippen LogP contribution >= 0.6 is 0 Å². The predicted octanol–water partition coefficient (Wildman–Crippen LogP) is 2.02. The summed E-state index contributed by atoms with van der Waals surface area (Å²) < 4.78 is 5.35. The van der Waals surface area contributed by atoms with E-state index in [0.717, 1.165) is 10.6 Å². The van der Waals surface area contributed by atoms with Gasteiger partial charge in [0.25, 0.3) is 5.91 Å². The van der Waals surface area contributed by atoms with Crippen LogP contribution in [0, 0.1) is 5.92 Å². The van der Waals surface area contributed by atoms with E-state index in [1.807, 2.05) is 44.2 Å². The van der Waals surface area contributed by atoms with Crippen LogP contribution in [0.4, 0.5) is 4.79 Å². The molecule has 2 rings (SSSR count). The Labute approximate surface area is 154 Å². The molecule has 0 bridgehead atoms. The van der Waals surface area contributed by atoms with Gasteiger partial charge in [0.2, 0.25) is 5.91 Å². The third-order valence-electron chi connectivity index (χ3n) is 4.18. The molecule has 1 fully saturated rings. The summed E-state index contributed by atoms with van der Waals surface area (Å²) in [5.41, 5.74) is 2.42. The molecular weight excluding hydrogens is 334 g/mol. The second-order valence-electron chi connectivity index (χ2n) is 7.14. The van der Waals surface area contributed by atoms with Gasteiger partial charge >= 0.3 is 6.03 Å². The molecule has 0 saturated carbocycles. The van der Waals surface area contributed by atoms with Crippen molar-refractivity contribution in [1.82, 2.24) is 15.8 Å². The summed E-state index contributed by atoms with van der Waals surface area (Å²) in [6, 6.07) is 9.13. The monoisotopic (exact) mass is 361 g/mol. The molecule has 0 spiro atoms. The fourth-order valence-electron chi connectivity index (χ4n) is 2.66. The molecule has 4 amide bonds. The van der Waals surface area contributed by atoms with Crippen molar-refractivity contribution < 1.29 is 19.1 Å². The molecule has 1 atom stereocenters. The number of ether oxygens (including phenoxy) is 1. The normalized spacial score (nSPS) is 19.8. The van der Waals surface area contributed by atoms with E-state index < -0.39 is 23.4 Å². The maximum absolute atomic E-state index is 12.6. The third kappa shape index (κ3) is 5.29. The summed E-state index contributed by atoms with van der Waals surface area (Å²) in [7, 11) is 0. The summed E-state index contributed by atoms with van der Waals surface area (Å²) in [5, 5.41) is 3.45. The van der Waals surface area contributed by atoms with Gasteiger partial charge in [-0.3, -0.25) is 15.0 Å². The maximum Gasteiger partial charge on any atom is 0.344 e. The lowest BCUT2D eigenvalue weighted by Crippen LogP contribution is -2.49. The second-order valence-corrected chi connectivity index (χ2v) is 7.14. The van der Waals surface area contributed by atoms with Crippen molar-refractivity contribution >= 4 is 17.8 Å². The maximum atomic E-state index is 12.6. The number of hydrazine groups is 1. The Balaban J connectivity index is 1.85. The summed E-state index contributed by atoms with van der Waals surface area (Å²) in [4.78, 5) is 36.7. The molecule has 2 N–H and O–H groups in total. The first kappa shape index (κ1) is 19.9. The van der Waals surface area contributed by atoms with E-state index in [1.165, 1.54) is 0 Å². The highest BCUT2D eigenvalue weighted by Gasteiger charge is 2.48. The van der Waals surface area contributed by atoms with Gasteiger partial charge in [0.1, 0.15) is 5.54 Å². The molecule has 7 nitrogen and oxygen atoms in total. The lowest BCUT2D eigenvalue weighted by atomic mass is 9.93. The van der Waals surface area contributed by atoms with Gasteiger partial charge in [-0.2, -0.15) is 5.01 Å². The zero-order valence-corrected chi connectivity index (χ0v) is 15.6. The first-order chi connectivity index (χ1) is 12.3. The molecule has 1 aliphatic heterocycles. The van der Waals surface area contributed by atoms with Crippen LogP contribution in [-0.2, 0) is 20.7 Å². The van der Waals surface area contributed by atoms with Crippen LogP contribution in [-0.4, -0.2) is 41.6 Å². The highest BCUT2D eigenvalue weighted by atomic mass is 16.5. The number of hydrogen-bond donors (Lipinski definition) is 2. The number of rotatable bonds is 9. The van der Waals surface area contributed by atoms with Gasteiger partial charge in [-0.15, -0.1) is 0 Å². The molecule has 1 unspecified atom stereocenters. The molecule has 1 aliphatic rings. The number of amides is 4. The average Bonchev–Trinajstić information content (AvgIpc) is 2.81. The van der Waals surface area contributed by atoms with Crippen molar-refractivity contribution in [3.63, 3.8) is 0 Å². The highest BCUT2D eigenvalue weighted by molar-refractivity contribution is 6.07. The van der Waals surface area contributed by atoms with Crippen molar-refractivity contribution in [2.24, 2.45) is 5.92 Å². The molecule has 1 aromatic carbocycles. The van der Waals surface area contributed by atoms with Gasteiger partial charge in [0.15, 0.2) is 0 Å². The van der Waals surface area contributed by atoms with Gasteiger partial charge in [0.05, 0.1) is 13.0 Å². The van der Waals surface area contributed by atoms with Crippen LogP contribution in [0.15, 0.2) is 30.3 Å². The minimum Gasteiger partial charge on any atom is -0.381 e. The van der Waals surface area contributed by atoms with Crippen molar-refractivity contribution in [2.75, 3.05) is 13.2 Å². The number of imide groups is 1. The number of urea groups is 1. The van der Waals surface area contributed by atoms with Gasteiger partial charge < -0.3 is 10.1 Å². The molecular formula is C19H27N3O4. The number of carbonyl (C=O) groups is 3. The van der Waals surface area contributed by atoms with E-state index in [9.17, 15) is 14.4 Å². The summed E-state index contributed by atoms with van der Waals surface area (Å²) in [6.45, 7) is 6.52. The Bertz CT molecular complexity index is 647. The lowest BCUT2D eigenvalue weighted by Gasteiger charge is -2.21. The average molecular weight is 361 g/mol. The number of aryl methyl sites for hydroxylation is 1. The minimum atomic E-state index is -1.03. The summed E-state index contributed by atoms with van der Waals surface area (Å²) >= 11 is 0. The Hall–Kier alpha value is -2.41. The lowest BCUT2D eigenvalue weighted by molar-refractivity contribution is -0.139. The Morgan fingerprint density at radius 1 is 1.27 bits per heavy atom. The second kappa shape index (κ2) is 8.80. The number of benzene rings is 1. The van der Waals surface area contributed by atoms with E-state index in [1.54, 1.807) is 6.92 Å². The van der Waals surface area contributed by atoms with Crippen molar-refractivity contribution in [3.8, 4) is 0 Å². The quantitative estimate of drug-likeness (QED) is 0.520. The largest absolute Gasteiger partial charge is 0.381 e. The molecule has 0 aromatic heterocycles. The third-order valence-corrected chi connectivity index (χ3v) is 4.18. The molecule has 0 aliphatic carbocycles. The van der Waals surface area contributed by atoms with E-state index in [0.29, 0.717) is 25.4 Å². The molecule has 26 heavy (non-hydrogen) atoms. The zero-order chi connectivity index (χ0) is 19.2. The Morgan fingerprint density at radius 2 is 1.96 bits per heavy atom. The minimum absolute atomic E-state index is 0.0878. The van der Waals surface area contributed by atoms with E-state index in [4.69, 9.17) is 4.74 Å². The molecule has 1 heterocycles. The van der Waals surface area contributed by atoms with Crippen LogP contribution in [0.2, 0.25) is 0 Å². The van der Waals surface area contributed by atoms with E-state index in [-0.39, 0.29) is 13.0 Å². The SMILES string of the molecule is CC(C)COCCC(=O)NN1C(=O)NC(C)(CCc2ccccc2)C1=O. The Kier molecular flexibility index (Phi) is 6.74. The number of carbonyl (C=O) groups excluding carboxylic acids is 3. The van der Waals surface area contributed by atoms with Crippen LogP contribution in [0.3, 0.4) is 0 Å². The van der Waals surface area contributed by atoms with Gasteiger partial charge in [-0.1, -0.05) is 44.2 Å².